The number of aromatic amines is 1. The third-order valence-corrected chi connectivity index (χ3v) is 5.56. The molecule has 148 valence electrons. The molecule has 0 radical (unpaired) electrons. The topological polar surface area (TPSA) is 109 Å². The fourth-order valence-corrected chi connectivity index (χ4v) is 3.96. The highest BCUT2D eigenvalue weighted by Gasteiger charge is 2.30. The second-order valence-electron chi connectivity index (χ2n) is 7.01. The highest BCUT2D eigenvalue weighted by molar-refractivity contribution is 7.23. The number of fused-ring (bicyclic) bond motifs is 3. The molecule has 4 aromatic rings. The van der Waals surface area contributed by atoms with Crippen LogP contribution in [0.25, 0.3) is 21.1 Å². The van der Waals surface area contributed by atoms with Crippen molar-refractivity contribution >= 4 is 55.2 Å². The zero-order chi connectivity index (χ0) is 20.6. The number of methoxy groups -OCH3 is 1. The highest BCUT2D eigenvalue weighted by Crippen LogP contribution is 2.32. The van der Waals surface area contributed by atoms with Gasteiger partial charge in [-0.3, -0.25) is 15.2 Å². The van der Waals surface area contributed by atoms with Crippen molar-refractivity contribution in [1.82, 2.24) is 15.2 Å². The van der Waals surface area contributed by atoms with Crippen LogP contribution < -0.4 is 10.6 Å². The van der Waals surface area contributed by atoms with E-state index in [1.807, 2.05) is 12.1 Å². The number of ether oxygens (including phenoxy) is 1. The highest BCUT2D eigenvalue weighted by atomic mass is 32.1. The summed E-state index contributed by atoms with van der Waals surface area (Å²) in [7, 11) is 1.32. The lowest BCUT2D eigenvalue weighted by molar-refractivity contribution is -0.119. The number of hydrogen-bond donors (Lipinski definition) is 3. The van der Waals surface area contributed by atoms with E-state index in [-0.39, 0.29) is 5.91 Å². The molecule has 3 N–H and O–H groups in total. The van der Waals surface area contributed by atoms with Gasteiger partial charge in [-0.1, -0.05) is 23.5 Å². The van der Waals surface area contributed by atoms with Crippen molar-refractivity contribution in [3.05, 3.63) is 48.2 Å². The molecule has 4 rings (SSSR count). The van der Waals surface area contributed by atoms with Gasteiger partial charge in [-0.2, -0.15) is 5.10 Å². The summed E-state index contributed by atoms with van der Waals surface area (Å²) in [5.74, 6) is -0.751. The Morgan fingerprint density at radius 3 is 2.76 bits per heavy atom. The molecule has 8 nitrogen and oxygen atoms in total. The lowest BCUT2D eigenvalue weighted by Crippen LogP contribution is -2.44. The first-order valence-corrected chi connectivity index (χ1v) is 9.70. The number of esters is 1. The maximum Gasteiger partial charge on any atom is 0.339 e. The minimum Gasteiger partial charge on any atom is -0.465 e. The Morgan fingerprint density at radius 2 is 1.97 bits per heavy atom. The van der Waals surface area contributed by atoms with Gasteiger partial charge in [-0.05, 0) is 38.1 Å². The van der Waals surface area contributed by atoms with Crippen molar-refractivity contribution in [3.8, 4) is 0 Å². The number of hydrogen-bond acceptors (Lipinski definition) is 7. The van der Waals surface area contributed by atoms with Crippen LogP contribution in [0.4, 0.5) is 10.8 Å². The Labute approximate surface area is 170 Å². The second-order valence-corrected chi connectivity index (χ2v) is 8.00. The van der Waals surface area contributed by atoms with E-state index in [2.05, 4.69) is 25.8 Å². The quantitative estimate of drug-likeness (QED) is 0.433. The standard InChI is InChI=1S/C20H19N5O3S/c1-20(2,24-13-7-5-4-6-11(13)17(26)28-3)18(27)23-19-22-15-9-8-14-12(10-21-25-14)16(15)29-19/h4-10,24H,1-3H3,(H,21,25)(H,22,23,27). The summed E-state index contributed by atoms with van der Waals surface area (Å²) >= 11 is 1.39. The molecule has 0 spiro atoms. The zero-order valence-electron chi connectivity index (χ0n) is 16.1. The van der Waals surface area contributed by atoms with Crippen molar-refractivity contribution in [3.63, 3.8) is 0 Å². The van der Waals surface area contributed by atoms with Gasteiger partial charge >= 0.3 is 5.97 Å². The number of carbonyl (C=O) groups is 2. The summed E-state index contributed by atoms with van der Waals surface area (Å²) in [6.45, 7) is 3.47. The third-order valence-electron chi connectivity index (χ3n) is 4.54. The van der Waals surface area contributed by atoms with Crippen LogP contribution in [0.15, 0.2) is 42.6 Å². The zero-order valence-corrected chi connectivity index (χ0v) is 16.9. The first-order valence-electron chi connectivity index (χ1n) is 8.88. The molecule has 0 aliphatic carbocycles. The van der Waals surface area contributed by atoms with Gasteiger partial charge in [-0.15, -0.1) is 0 Å². The minimum absolute atomic E-state index is 0.278. The van der Waals surface area contributed by atoms with E-state index < -0.39 is 11.5 Å². The first kappa shape index (κ1) is 18.9. The molecule has 9 heteroatoms. The van der Waals surface area contributed by atoms with E-state index in [9.17, 15) is 9.59 Å². The van der Waals surface area contributed by atoms with Crippen LogP contribution in [0.3, 0.4) is 0 Å². The number of benzene rings is 2. The predicted molar refractivity (Wildman–Crippen MR) is 113 cm³/mol. The summed E-state index contributed by atoms with van der Waals surface area (Å²) in [5.41, 5.74) is 1.58. The van der Waals surface area contributed by atoms with Gasteiger partial charge in [0, 0.05) is 11.1 Å². The number of thiazole rings is 1. The van der Waals surface area contributed by atoms with Gasteiger partial charge < -0.3 is 10.1 Å². The third kappa shape index (κ3) is 3.52. The number of nitrogens with zero attached hydrogens (tertiary/aromatic N) is 2. The molecule has 1 amide bonds. The van der Waals surface area contributed by atoms with E-state index in [1.54, 1.807) is 44.3 Å². The van der Waals surface area contributed by atoms with Crippen LogP contribution in [0.2, 0.25) is 0 Å². The van der Waals surface area contributed by atoms with Gasteiger partial charge in [0.25, 0.3) is 5.91 Å². The predicted octanol–water partition coefficient (Wildman–Crippen LogP) is 3.79. The monoisotopic (exact) mass is 409 g/mol. The Kier molecular flexibility index (Phi) is 4.67. The Hall–Kier alpha value is -3.46. The maximum atomic E-state index is 12.9. The molecule has 0 saturated carbocycles. The SMILES string of the molecule is COC(=O)c1ccccc1NC(C)(C)C(=O)Nc1nc2ccc3[nH]ncc3c2s1. The molecule has 29 heavy (non-hydrogen) atoms. The number of aromatic nitrogens is 3. The van der Waals surface area contributed by atoms with Gasteiger partial charge in [0.05, 0.1) is 34.6 Å². The Bertz CT molecular complexity index is 1230. The van der Waals surface area contributed by atoms with Gasteiger partial charge in [0.1, 0.15) is 5.54 Å². The van der Waals surface area contributed by atoms with Crippen molar-refractivity contribution in [2.24, 2.45) is 0 Å². The Balaban J connectivity index is 1.58. The van der Waals surface area contributed by atoms with E-state index in [0.29, 0.717) is 16.4 Å². The molecule has 0 fully saturated rings. The number of para-hydroxylation sites is 1. The normalized spacial score (nSPS) is 11.6. The first-order chi connectivity index (χ1) is 13.9. The molecular weight excluding hydrogens is 390 g/mol. The summed E-state index contributed by atoms with van der Waals surface area (Å²) in [4.78, 5) is 29.4. The smallest absolute Gasteiger partial charge is 0.339 e. The second kappa shape index (κ2) is 7.17. The van der Waals surface area contributed by atoms with Crippen molar-refractivity contribution in [2.45, 2.75) is 19.4 Å². The molecule has 0 aliphatic heterocycles. The molecule has 0 aliphatic rings. The Morgan fingerprint density at radius 1 is 1.17 bits per heavy atom. The maximum absolute atomic E-state index is 12.9. The fourth-order valence-electron chi connectivity index (χ4n) is 2.98. The average molecular weight is 409 g/mol. The summed E-state index contributed by atoms with van der Waals surface area (Å²) in [5, 5.41) is 14.4. The number of anilines is 2. The number of carbonyl (C=O) groups excluding carboxylic acids is 2. The minimum atomic E-state index is -1.01. The summed E-state index contributed by atoms with van der Waals surface area (Å²) in [6, 6.07) is 10.7. The number of rotatable bonds is 5. The molecule has 0 saturated heterocycles. The van der Waals surface area contributed by atoms with Crippen LogP contribution in [-0.4, -0.2) is 39.7 Å². The fraction of sp³-hybridized carbons (Fsp3) is 0.200. The van der Waals surface area contributed by atoms with Crippen LogP contribution in [0, 0.1) is 0 Å². The molecule has 0 atom stereocenters. The van der Waals surface area contributed by atoms with Crippen molar-refractivity contribution in [2.75, 3.05) is 17.7 Å². The van der Waals surface area contributed by atoms with Crippen LogP contribution in [0.5, 0.6) is 0 Å². The van der Waals surface area contributed by atoms with Crippen LogP contribution >= 0.6 is 11.3 Å². The van der Waals surface area contributed by atoms with Gasteiger partial charge in [0.2, 0.25) is 0 Å². The van der Waals surface area contributed by atoms with Gasteiger partial charge in [-0.25, -0.2) is 9.78 Å². The average Bonchev–Trinajstić information content (AvgIpc) is 3.33. The van der Waals surface area contributed by atoms with Crippen LogP contribution in [0.1, 0.15) is 24.2 Å². The van der Waals surface area contributed by atoms with Crippen molar-refractivity contribution < 1.29 is 14.3 Å². The lowest BCUT2D eigenvalue weighted by Gasteiger charge is -2.26. The molecule has 0 bridgehead atoms. The molecule has 0 unspecified atom stereocenters. The molecule has 2 heterocycles. The molecular formula is C20H19N5O3S. The lowest BCUT2D eigenvalue weighted by atomic mass is 10.0. The number of amides is 1. The number of H-pyrrole nitrogens is 1. The van der Waals surface area contributed by atoms with Crippen molar-refractivity contribution in [1.29, 1.82) is 0 Å². The van der Waals surface area contributed by atoms with E-state index >= 15 is 0 Å². The van der Waals surface area contributed by atoms with E-state index in [4.69, 9.17) is 4.74 Å². The van der Waals surface area contributed by atoms with Gasteiger partial charge in [0.15, 0.2) is 5.13 Å². The summed E-state index contributed by atoms with van der Waals surface area (Å²) in [6.07, 6.45) is 1.75. The van der Waals surface area contributed by atoms with Crippen LogP contribution in [-0.2, 0) is 9.53 Å². The van der Waals surface area contributed by atoms with E-state index in [0.717, 1.165) is 21.1 Å². The summed E-state index contributed by atoms with van der Waals surface area (Å²) < 4.78 is 5.77. The number of nitrogens with one attached hydrogen (secondary N) is 3. The molecule has 2 aromatic carbocycles. The molecule has 2 aromatic heterocycles. The largest absolute Gasteiger partial charge is 0.465 e. The van der Waals surface area contributed by atoms with E-state index in [1.165, 1.54) is 18.4 Å².